The number of hydrogen-bond donors (Lipinski definition) is 0. The minimum atomic E-state index is -3.08. The summed E-state index contributed by atoms with van der Waals surface area (Å²) >= 11 is 0. The molecule has 0 N–H and O–H groups in total. The molecule has 0 aliphatic carbocycles. The van der Waals surface area contributed by atoms with Crippen LogP contribution in [0.5, 0.6) is 0 Å². The van der Waals surface area contributed by atoms with Gasteiger partial charge < -0.3 is 4.90 Å². The Kier molecular flexibility index (Phi) is 5.05. The molecule has 1 aromatic carbocycles. The molecule has 0 aromatic heterocycles. The SMILES string of the molecule is CCCCS(=O)(=O)N1CCN(c2ccccc2)C(C)C1. The number of anilines is 1. The van der Waals surface area contributed by atoms with Gasteiger partial charge in [-0.1, -0.05) is 31.5 Å². The molecule has 1 atom stereocenters. The van der Waals surface area contributed by atoms with Crippen molar-refractivity contribution in [3.8, 4) is 0 Å². The van der Waals surface area contributed by atoms with E-state index in [4.69, 9.17) is 0 Å². The Morgan fingerprint density at radius 1 is 1.20 bits per heavy atom. The van der Waals surface area contributed by atoms with Gasteiger partial charge in [-0.3, -0.25) is 0 Å². The molecule has 5 heteroatoms. The molecule has 0 bridgehead atoms. The molecule has 0 spiro atoms. The molecule has 1 saturated heterocycles. The number of sulfonamides is 1. The average Bonchev–Trinajstić information content (AvgIpc) is 2.46. The third kappa shape index (κ3) is 3.52. The average molecular weight is 296 g/mol. The summed E-state index contributed by atoms with van der Waals surface area (Å²) in [6.45, 7) is 6.04. The first-order chi connectivity index (χ1) is 9.54. The largest absolute Gasteiger partial charge is 0.366 e. The normalized spacial score (nSPS) is 21.1. The summed E-state index contributed by atoms with van der Waals surface area (Å²) in [6, 6.07) is 10.4. The molecule has 0 saturated carbocycles. The van der Waals surface area contributed by atoms with E-state index in [9.17, 15) is 8.42 Å². The lowest BCUT2D eigenvalue weighted by Gasteiger charge is -2.40. The minimum Gasteiger partial charge on any atom is -0.366 e. The van der Waals surface area contributed by atoms with E-state index in [-0.39, 0.29) is 11.8 Å². The van der Waals surface area contributed by atoms with E-state index in [0.29, 0.717) is 13.1 Å². The second-order valence-electron chi connectivity index (χ2n) is 5.41. The van der Waals surface area contributed by atoms with Crippen LogP contribution in [0, 0.1) is 0 Å². The molecule has 1 aliphatic heterocycles. The van der Waals surface area contributed by atoms with Crippen LogP contribution in [0.1, 0.15) is 26.7 Å². The predicted molar refractivity (Wildman–Crippen MR) is 83.5 cm³/mol. The summed E-state index contributed by atoms with van der Waals surface area (Å²) < 4.78 is 26.1. The summed E-state index contributed by atoms with van der Waals surface area (Å²) in [6.07, 6.45) is 1.66. The van der Waals surface area contributed by atoms with E-state index >= 15 is 0 Å². The second-order valence-corrected chi connectivity index (χ2v) is 7.49. The summed E-state index contributed by atoms with van der Waals surface area (Å²) in [5.74, 6) is 0.279. The predicted octanol–water partition coefficient (Wildman–Crippen LogP) is 2.33. The van der Waals surface area contributed by atoms with E-state index in [0.717, 1.165) is 19.4 Å². The fourth-order valence-corrected chi connectivity index (χ4v) is 4.35. The van der Waals surface area contributed by atoms with E-state index in [1.807, 2.05) is 25.1 Å². The van der Waals surface area contributed by atoms with Gasteiger partial charge in [-0.15, -0.1) is 0 Å². The van der Waals surface area contributed by atoms with Crippen molar-refractivity contribution >= 4 is 15.7 Å². The first-order valence-corrected chi connectivity index (χ1v) is 8.95. The van der Waals surface area contributed by atoms with Gasteiger partial charge in [0, 0.05) is 31.4 Å². The molecule has 1 fully saturated rings. The zero-order valence-electron chi connectivity index (χ0n) is 12.3. The van der Waals surface area contributed by atoms with Crippen LogP contribution in [0.3, 0.4) is 0 Å². The number of piperazine rings is 1. The summed E-state index contributed by atoms with van der Waals surface area (Å²) in [5.41, 5.74) is 1.17. The Labute approximate surface area is 122 Å². The van der Waals surface area contributed by atoms with Gasteiger partial charge in [-0.25, -0.2) is 8.42 Å². The van der Waals surface area contributed by atoms with Crippen molar-refractivity contribution in [2.45, 2.75) is 32.7 Å². The van der Waals surface area contributed by atoms with E-state index < -0.39 is 10.0 Å². The number of benzene rings is 1. The van der Waals surface area contributed by atoms with Crippen LogP contribution in [-0.2, 0) is 10.0 Å². The van der Waals surface area contributed by atoms with E-state index in [1.54, 1.807) is 4.31 Å². The molecule has 4 nitrogen and oxygen atoms in total. The van der Waals surface area contributed by atoms with Gasteiger partial charge in [-0.2, -0.15) is 4.31 Å². The highest BCUT2D eigenvalue weighted by Gasteiger charge is 2.30. The van der Waals surface area contributed by atoms with Crippen molar-refractivity contribution in [2.24, 2.45) is 0 Å². The van der Waals surface area contributed by atoms with Gasteiger partial charge in [0.1, 0.15) is 0 Å². The molecule has 1 unspecified atom stereocenters. The van der Waals surface area contributed by atoms with Crippen molar-refractivity contribution < 1.29 is 8.42 Å². The second kappa shape index (κ2) is 6.59. The highest BCUT2D eigenvalue weighted by atomic mass is 32.2. The number of nitrogens with zero attached hydrogens (tertiary/aromatic N) is 2. The fraction of sp³-hybridized carbons (Fsp3) is 0.600. The monoisotopic (exact) mass is 296 g/mol. The maximum absolute atomic E-state index is 12.2. The van der Waals surface area contributed by atoms with Gasteiger partial charge >= 0.3 is 0 Å². The van der Waals surface area contributed by atoms with Crippen LogP contribution in [-0.4, -0.2) is 44.2 Å². The number of unbranched alkanes of at least 4 members (excludes halogenated alkanes) is 1. The van der Waals surface area contributed by atoms with Crippen molar-refractivity contribution in [3.63, 3.8) is 0 Å². The van der Waals surface area contributed by atoms with Crippen molar-refractivity contribution in [2.75, 3.05) is 30.3 Å². The van der Waals surface area contributed by atoms with Gasteiger partial charge in [0.2, 0.25) is 10.0 Å². The highest BCUT2D eigenvalue weighted by Crippen LogP contribution is 2.21. The van der Waals surface area contributed by atoms with E-state index in [2.05, 4.69) is 24.0 Å². The highest BCUT2D eigenvalue weighted by molar-refractivity contribution is 7.89. The number of rotatable bonds is 5. The van der Waals surface area contributed by atoms with Gasteiger partial charge in [0.15, 0.2) is 0 Å². The van der Waals surface area contributed by atoms with Gasteiger partial charge in [0.25, 0.3) is 0 Å². The standard InChI is InChI=1S/C15H24N2O2S/c1-3-4-12-20(18,19)16-10-11-17(14(2)13-16)15-8-6-5-7-9-15/h5-9,14H,3-4,10-13H2,1-2H3. The molecule has 0 amide bonds. The molecule has 20 heavy (non-hydrogen) atoms. The lowest BCUT2D eigenvalue weighted by atomic mass is 10.2. The Hall–Kier alpha value is -1.07. The van der Waals surface area contributed by atoms with Crippen molar-refractivity contribution in [1.29, 1.82) is 0 Å². The zero-order valence-corrected chi connectivity index (χ0v) is 13.1. The topological polar surface area (TPSA) is 40.6 Å². The lowest BCUT2D eigenvalue weighted by Crippen LogP contribution is -2.54. The molecule has 1 aromatic rings. The Morgan fingerprint density at radius 2 is 1.90 bits per heavy atom. The van der Waals surface area contributed by atoms with Crippen LogP contribution >= 0.6 is 0 Å². The lowest BCUT2D eigenvalue weighted by molar-refractivity contribution is 0.342. The molecule has 1 heterocycles. The van der Waals surface area contributed by atoms with Crippen molar-refractivity contribution in [3.05, 3.63) is 30.3 Å². The molecule has 112 valence electrons. The first kappa shape index (κ1) is 15.3. The van der Waals surface area contributed by atoms with Crippen LogP contribution in [0.4, 0.5) is 5.69 Å². The third-order valence-electron chi connectivity index (χ3n) is 3.83. The minimum absolute atomic E-state index is 0.211. The molecular weight excluding hydrogens is 272 g/mol. The van der Waals surface area contributed by atoms with Crippen molar-refractivity contribution in [1.82, 2.24) is 4.31 Å². The molecule has 0 radical (unpaired) electrons. The molecular formula is C15H24N2O2S. The Balaban J connectivity index is 2.02. The quantitative estimate of drug-likeness (QED) is 0.837. The Bertz CT molecular complexity index is 516. The summed E-state index contributed by atoms with van der Waals surface area (Å²) in [7, 11) is -3.08. The maximum atomic E-state index is 12.2. The summed E-state index contributed by atoms with van der Waals surface area (Å²) in [5, 5.41) is 0. The number of hydrogen-bond acceptors (Lipinski definition) is 3. The van der Waals surface area contributed by atoms with E-state index in [1.165, 1.54) is 5.69 Å². The van der Waals surface area contributed by atoms with Crippen LogP contribution in [0.25, 0.3) is 0 Å². The molecule has 1 aliphatic rings. The van der Waals surface area contributed by atoms with Gasteiger partial charge in [0.05, 0.1) is 5.75 Å². The third-order valence-corrected chi connectivity index (χ3v) is 5.75. The zero-order chi connectivity index (χ0) is 14.6. The molecule has 2 rings (SSSR count). The summed E-state index contributed by atoms with van der Waals surface area (Å²) in [4.78, 5) is 2.28. The smallest absolute Gasteiger partial charge is 0.214 e. The first-order valence-electron chi connectivity index (χ1n) is 7.34. The fourth-order valence-electron chi connectivity index (χ4n) is 2.64. The van der Waals surface area contributed by atoms with Crippen LogP contribution < -0.4 is 4.90 Å². The van der Waals surface area contributed by atoms with Crippen LogP contribution in [0.15, 0.2) is 30.3 Å². The van der Waals surface area contributed by atoms with Crippen LogP contribution in [0.2, 0.25) is 0 Å². The number of para-hydroxylation sites is 1. The van der Waals surface area contributed by atoms with Gasteiger partial charge in [-0.05, 0) is 25.5 Å². The Morgan fingerprint density at radius 3 is 2.50 bits per heavy atom. The maximum Gasteiger partial charge on any atom is 0.214 e.